The number of piperazine rings is 1. The van der Waals surface area contributed by atoms with Crippen LogP contribution in [0, 0.1) is 13.8 Å². The number of aromatic nitrogens is 2. The van der Waals surface area contributed by atoms with Crippen molar-refractivity contribution in [3.8, 4) is 11.4 Å². The number of hydrogen-bond donors (Lipinski definition) is 1. The van der Waals surface area contributed by atoms with Gasteiger partial charge in [0.15, 0.2) is 0 Å². The lowest BCUT2D eigenvalue weighted by Gasteiger charge is -2.37. The van der Waals surface area contributed by atoms with Gasteiger partial charge in [-0.05, 0) is 50.2 Å². The zero-order chi connectivity index (χ0) is 23.6. The summed E-state index contributed by atoms with van der Waals surface area (Å²) in [5, 5.41) is 3.93. The third-order valence-electron chi connectivity index (χ3n) is 5.64. The van der Waals surface area contributed by atoms with Crippen molar-refractivity contribution in [2.45, 2.75) is 31.7 Å². The van der Waals surface area contributed by atoms with Crippen LogP contribution in [0.1, 0.15) is 18.4 Å². The number of anilines is 1. The number of rotatable bonds is 6. The van der Waals surface area contributed by atoms with E-state index < -0.39 is 16.1 Å². The third-order valence-corrected chi connectivity index (χ3v) is 7.20. The molecule has 1 unspecified atom stereocenters. The highest BCUT2D eigenvalue weighted by Crippen LogP contribution is 2.22. The van der Waals surface area contributed by atoms with E-state index in [-0.39, 0.29) is 10.8 Å². The van der Waals surface area contributed by atoms with Crippen LogP contribution in [-0.2, 0) is 14.8 Å². The summed E-state index contributed by atoms with van der Waals surface area (Å²) >= 11 is 0. The molecule has 174 valence electrons. The van der Waals surface area contributed by atoms with Crippen molar-refractivity contribution in [1.82, 2.24) is 19.8 Å². The molecule has 0 saturated carbocycles. The Morgan fingerprint density at radius 3 is 2.21 bits per heavy atom. The van der Waals surface area contributed by atoms with Crippen LogP contribution in [0.15, 0.2) is 57.9 Å². The Labute approximate surface area is 193 Å². The molecule has 2 aromatic carbocycles. The van der Waals surface area contributed by atoms with E-state index in [1.54, 1.807) is 43.0 Å². The summed E-state index contributed by atoms with van der Waals surface area (Å²) in [6, 6.07) is 13.6. The predicted octanol–water partition coefficient (Wildman–Crippen LogP) is 2.37. The first-order chi connectivity index (χ1) is 15.7. The fourth-order valence-electron chi connectivity index (χ4n) is 3.77. The maximum Gasteiger partial charge on any atom is 0.241 e. The van der Waals surface area contributed by atoms with Gasteiger partial charge in [0.1, 0.15) is 0 Å². The summed E-state index contributed by atoms with van der Waals surface area (Å²) in [5.41, 5.74) is 2.88. The molecule has 1 aliphatic rings. The van der Waals surface area contributed by atoms with Crippen molar-refractivity contribution in [1.29, 1.82) is 0 Å². The highest BCUT2D eigenvalue weighted by atomic mass is 32.2. The number of sulfonamides is 1. The van der Waals surface area contributed by atoms with Crippen LogP contribution in [0.5, 0.6) is 0 Å². The molecular weight excluding hydrogens is 442 g/mol. The van der Waals surface area contributed by atoms with Crippen LogP contribution in [-0.4, -0.2) is 61.6 Å². The zero-order valence-corrected chi connectivity index (χ0v) is 19.7. The number of benzene rings is 2. The number of nitrogens with one attached hydrogen (secondary N) is 1. The maximum absolute atomic E-state index is 12.9. The Kier molecular flexibility index (Phi) is 6.48. The Bertz CT molecular complexity index is 1210. The molecular formula is C23H27N5O4S. The number of amides is 1. The molecule has 1 saturated heterocycles. The molecule has 0 aliphatic carbocycles. The van der Waals surface area contributed by atoms with Gasteiger partial charge >= 0.3 is 0 Å². The lowest BCUT2D eigenvalue weighted by molar-refractivity contribution is -0.132. The second kappa shape index (κ2) is 9.32. The van der Waals surface area contributed by atoms with Crippen LogP contribution >= 0.6 is 0 Å². The summed E-state index contributed by atoms with van der Waals surface area (Å²) in [6.07, 6.45) is 0. The molecule has 3 aromatic rings. The lowest BCUT2D eigenvalue weighted by atomic mass is 10.1. The first-order valence-corrected chi connectivity index (χ1v) is 12.2. The van der Waals surface area contributed by atoms with E-state index in [1.807, 2.05) is 31.2 Å². The maximum atomic E-state index is 12.9. The van der Waals surface area contributed by atoms with Gasteiger partial charge in [-0.2, -0.15) is 9.71 Å². The molecule has 33 heavy (non-hydrogen) atoms. The molecule has 0 radical (unpaired) electrons. The average molecular weight is 470 g/mol. The van der Waals surface area contributed by atoms with Crippen LogP contribution in [0.2, 0.25) is 0 Å². The second-order valence-electron chi connectivity index (χ2n) is 8.15. The molecule has 1 N–H and O–H groups in total. The van der Waals surface area contributed by atoms with Gasteiger partial charge in [0.2, 0.25) is 27.6 Å². The van der Waals surface area contributed by atoms with E-state index in [9.17, 15) is 13.2 Å². The lowest BCUT2D eigenvalue weighted by Crippen LogP contribution is -2.54. The van der Waals surface area contributed by atoms with Crippen molar-refractivity contribution >= 4 is 21.6 Å². The van der Waals surface area contributed by atoms with E-state index in [2.05, 4.69) is 19.8 Å². The molecule has 0 spiro atoms. The highest BCUT2D eigenvalue weighted by molar-refractivity contribution is 7.89. The number of hydrogen-bond acceptors (Lipinski definition) is 7. The first-order valence-electron chi connectivity index (χ1n) is 10.8. The molecule has 9 nitrogen and oxygen atoms in total. The smallest absolute Gasteiger partial charge is 0.241 e. The molecule has 4 rings (SSSR count). The minimum atomic E-state index is -3.76. The molecule has 1 atom stereocenters. The standard InChI is InChI=1S/C23H27N5O4S/c1-16-4-10-21(11-5-16)33(30,31)26-17(2)23(29)28-14-12-27(13-15-28)20-8-6-19(7-9-20)22-24-18(3)32-25-22/h4-11,17,26H,12-15H2,1-3H3. The van der Waals surface area contributed by atoms with Crippen LogP contribution in [0.4, 0.5) is 5.69 Å². The normalized spacial score (nSPS) is 15.5. The molecule has 1 aliphatic heterocycles. The SMILES string of the molecule is Cc1ccc(S(=O)(=O)NC(C)C(=O)N2CCN(c3ccc(-c4noc(C)n4)cc3)CC2)cc1. The Morgan fingerprint density at radius 2 is 1.64 bits per heavy atom. The van der Waals surface area contributed by atoms with E-state index >= 15 is 0 Å². The Hall–Kier alpha value is -3.24. The molecule has 2 heterocycles. The van der Waals surface area contributed by atoms with Gasteiger partial charge in [0.05, 0.1) is 10.9 Å². The topological polar surface area (TPSA) is 109 Å². The van der Waals surface area contributed by atoms with Gasteiger partial charge in [-0.3, -0.25) is 4.79 Å². The fourth-order valence-corrected chi connectivity index (χ4v) is 4.96. The summed E-state index contributed by atoms with van der Waals surface area (Å²) in [7, 11) is -3.76. The number of aryl methyl sites for hydroxylation is 2. The van der Waals surface area contributed by atoms with Crippen molar-refractivity contribution in [2.24, 2.45) is 0 Å². The van der Waals surface area contributed by atoms with Gasteiger partial charge in [0.25, 0.3) is 0 Å². The van der Waals surface area contributed by atoms with Crippen molar-refractivity contribution < 1.29 is 17.7 Å². The molecule has 0 bridgehead atoms. The molecule has 10 heteroatoms. The van der Waals surface area contributed by atoms with E-state index in [0.717, 1.165) is 16.8 Å². The van der Waals surface area contributed by atoms with E-state index in [4.69, 9.17) is 4.52 Å². The average Bonchev–Trinajstić information content (AvgIpc) is 3.25. The molecule has 1 aromatic heterocycles. The van der Waals surface area contributed by atoms with Gasteiger partial charge in [-0.1, -0.05) is 22.9 Å². The summed E-state index contributed by atoms with van der Waals surface area (Å²) < 4.78 is 32.7. The monoisotopic (exact) mass is 469 g/mol. The summed E-state index contributed by atoms with van der Waals surface area (Å²) in [6.45, 7) is 7.56. The van der Waals surface area contributed by atoms with Crippen LogP contribution in [0.25, 0.3) is 11.4 Å². The van der Waals surface area contributed by atoms with Crippen molar-refractivity contribution in [3.05, 3.63) is 60.0 Å². The van der Waals surface area contributed by atoms with E-state index in [1.165, 1.54) is 0 Å². The summed E-state index contributed by atoms with van der Waals surface area (Å²) in [5.74, 6) is 0.843. The minimum Gasteiger partial charge on any atom is -0.368 e. The van der Waals surface area contributed by atoms with Gasteiger partial charge < -0.3 is 14.3 Å². The van der Waals surface area contributed by atoms with Crippen molar-refractivity contribution in [2.75, 3.05) is 31.1 Å². The fraction of sp³-hybridized carbons (Fsp3) is 0.348. The number of carbonyl (C=O) groups is 1. The molecule has 1 fully saturated rings. The largest absolute Gasteiger partial charge is 0.368 e. The predicted molar refractivity (Wildman–Crippen MR) is 124 cm³/mol. The van der Waals surface area contributed by atoms with Crippen LogP contribution in [0.3, 0.4) is 0 Å². The highest BCUT2D eigenvalue weighted by Gasteiger charge is 2.28. The van der Waals surface area contributed by atoms with Gasteiger partial charge in [0, 0.05) is 44.4 Å². The third kappa shape index (κ3) is 5.23. The van der Waals surface area contributed by atoms with E-state index in [0.29, 0.717) is 37.9 Å². The zero-order valence-electron chi connectivity index (χ0n) is 18.9. The summed E-state index contributed by atoms with van der Waals surface area (Å²) in [4.78, 5) is 21.1. The Balaban J connectivity index is 1.33. The number of nitrogens with zero attached hydrogens (tertiary/aromatic N) is 4. The second-order valence-corrected chi connectivity index (χ2v) is 9.87. The molecule has 1 amide bonds. The Morgan fingerprint density at radius 1 is 1.00 bits per heavy atom. The number of carbonyl (C=O) groups excluding carboxylic acids is 1. The first kappa shape index (κ1) is 22.9. The van der Waals surface area contributed by atoms with Gasteiger partial charge in [-0.25, -0.2) is 8.42 Å². The quantitative estimate of drug-likeness (QED) is 0.590. The van der Waals surface area contributed by atoms with Gasteiger partial charge in [-0.15, -0.1) is 0 Å². The van der Waals surface area contributed by atoms with Crippen molar-refractivity contribution in [3.63, 3.8) is 0 Å². The van der Waals surface area contributed by atoms with Crippen LogP contribution < -0.4 is 9.62 Å². The minimum absolute atomic E-state index is 0.150.